The van der Waals surface area contributed by atoms with E-state index >= 15 is 0 Å². The number of fused-ring (bicyclic) bond motifs is 1. The first-order valence-corrected chi connectivity index (χ1v) is 9.36. The van der Waals surface area contributed by atoms with Crippen LogP contribution >= 0.6 is 22.9 Å². The Morgan fingerprint density at radius 1 is 1.15 bits per heavy atom. The number of imidazole rings is 1. The van der Waals surface area contributed by atoms with Crippen LogP contribution in [0.25, 0.3) is 22.3 Å². The Morgan fingerprint density at radius 3 is 2.85 bits per heavy atom. The number of rotatable bonds is 5. The summed E-state index contributed by atoms with van der Waals surface area (Å²) in [5, 5.41) is 5.95. The van der Waals surface area contributed by atoms with Gasteiger partial charge in [-0.3, -0.25) is 4.79 Å². The topological polar surface area (TPSA) is 59.8 Å². The molecule has 2 heterocycles. The Labute approximate surface area is 159 Å². The molecule has 0 aliphatic carbocycles. The van der Waals surface area contributed by atoms with Crippen molar-refractivity contribution in [1.82, 2.24) is 14.5 Å². The first kappa shape index (κ1) is 16.8. The molecule has 4 aromatic rings. The van der Waals surface area contributed by atoms with Crippen molar-refractivity contribution in [3.05, 3.63) is 65.3 Å². The number of halogens is 1. The van der Waals surface area contributed by atoms with Gasteiger partial charge in [0.25, 0.3) is 0 Å². The van der Waals surface area contributed by atoms with Crippen molar-refractivity contribution in [3.8, 4) is 11.3 Å². The van der Waals surface area contributed by atoms with Crippen molar-refractivity contribution in [3.63, 3.8) is 0 Å². The van der Waals surface area contributed by atoms with E-state index in [9.17, 15) is 4.79 Å². The van der Waals surface area contributed by atoms with Gasteiger partial charge in [-0.2, -0.15) is 0 Å². The Bertz CT molecular complexity index is 1070. The Kier molecular flexibility index (Phi) is 4.69. The molecule has 1 amide bonds. The summed E-state index contributed by atoms with van der Waals surface area (Å²) < 4.78 is 1.98. The van der Waals surface area contributed by atoms with Crippen molar-refractivity contribution in [2.75, 3.05) is 5.32 Å². The number of thiazole rings is 1. The molecular formula is C19H15ClN4OS. The van der Waals surface area contributed by atoms with Crippen LogP contribution in [0.2, 0.25) is 5.02 Å². The number of aryl methyl sites for hydroxylation is 1. The highest BCUT2D eigenvalue weighted by molar-refractivity contribution is 7.14. The maximum atomic E-state index is 12.3. The SMILES string of the molecule is O=C(CCn1cnc2ccccc21)Nc1nc(-c2ccccc2Cl)cs1. The van der Waals surface area contributed by atoms with Gasteiger partial charge >= 0.3 is 0 Å². The standard InChI is InChI=1S/C19H15ClN4OS/c20-14-6-2-1-5-13(14)16-11-26-19(22-16)23-18(25)9-10-24-12-21-15-7-3-4-8-17(15)24/h1-8,11-12H,9-10H2,(H,22,23,25). The molecule has 7 heteroatoms. The molecule has 0 radical (unpaired) electrons. The minimum Gasteiger partial charge on any atom is -0.330 e. The van der Waals surface area contributed by atoms with Gasteiger partial charge in [0.2, 0.25) is 5.91 Å². The van der Waals surface area contributed by atoms with Gasteiger partial charge in [0, 0.05) is 28.9 Å². The summed E-state index contributed by atoms with van der Waals surface area (Å²) in [7, 11) is 0. The lowest BCUT2D eigenvalue weighted by Crippen LogP contribution is -2.14. The molecule has 0 unspecified atom stereocenters. The number of benzene rings is 2. The molecule has 130 valence electrons. The second-order valence-corrected chi connectivity index (χ2v) is 7.01. The van der Waals surface area contributed by atoms with Crippen molar-refractivity contribution >= 4 is 45.0 Å². The van der Waals surface area contributed by atoms with Gasteiger partial charge in [0.1, 0.15) is 0 Å². The van der Waals surface area contributed by atoms with Crippen LogP contribution in [0, 0.1) is 0 Å². The third kappa shape index (κ3) is 3.47. The maximum absolute atomic E-state index is 12.3. The number of aromatic nitrogens is 3. The van der Waals surface area contributed by atoms with Crippen LogP contribution in [0.5, 0.6) is 0 Å². The summed E-state index contributed by atoms with van der Waals surface area (Å²) in [5.41, 5.74) is 3.57. The molecule has 0 aliphatic heterocycles. The number of nitrogens with zero attached hydrogens (tertiary/aromatic N) is 3. The summed E-state index contributed by atoms with van der Waals surface area (Å²) in [4.78, 5) is 21.0. The second kappa shape index (κ2) is 7.27. The molecule has 1 N–H and O–H groups in total. The number of anilines is 1. The highest BCUT2D eigenvalue weighted by Crippen LogP contribution is 2.30. The first-order valence-electron chi connectivity index (χ1n) is 8.11. The fourth-order valence-electron chi connectivity index (χ4n) is 2.72. The average Bonchev–Trinajstić information content (AvgIpc) is 3.27. The molecule has 0 spiro atoms. The summed E-state index contributed by atoms with van der Waals surface area (Å²) in [6.07, 6.45) is 2.11. The number of hydrogen-bond donors (Lipinski definition) is 1. The van der Waals surface area contributed by atoms with Crippen molar-refractivity contribution in [1.29, 1.82) is 0 Å². The van der Waals surface area contributed by atoms with Crippen LogP contribution in [0.1, 0.15) is 6.42 Å². The Balaban J connectivity index is 1.40. The lowest BCUT2D eigenvalue weighted by molar-refractivity contribution is -0.116. The van der Waals surface area contributed by atoms with Crippen LogP contribution in [0.15, 0.2) is 60.2 Å². The molecule has 0 aliphatic rings. The first-order chi connectivity index (χ1) is 12.7. The van der Waals surface area contributed by atoms with Gasteiger partial charge in [-0.1, -0.05) is 41.9 Å². The van der Waals surface area contributed by atoms with Gasteiger partial charge in [0.15, 0.2) is 5.13 Å². The largest absolute Gasteiger partial charge is 0.330 e. The van der Waals surface area contributed by atoms with E-state index in [1.54, 1.807) is 6.33 Å². The lowest BCUT2D eigenvalue weighted by Gasteiger charge is -2.04. The van der Waals surface area contributed by atoms with Gasteiger partial charge in [-0.25, -0.2) is 9.97 Å². The fourth-order valence-corrected chi connectivity index (χ4v) is 3.68. The molecule has 2 aromatic carbocycles. The van der Waals surface area contributed by atoms with Crippen LogP contribution < -0.4 is 5.32 Å². The molecule has 26 heavy (non-hydrogen) atoms. The van der Waals surface area contributed by atoms with E-state index < -0.39 is 0 Å². The van der Waals surface area contributed by atoms with Crippen molar-refractivity contribution < 1.29 is 4.79 Å². The average molecular weight is 383 g/mol. The van der Waals surface area contributed by atoms with E-state index in [2.05, 4.69) is 15.3 Å². The molecule has 4 rings (SSSR count). The molecule has 2 aromatic heterocycles. The highest BCUT2D eigenvalue weighted by atomic mass is 35.5. The zero-order valence-electron chi connectivity index (χ0n) is 13.7. The van der Waals surface area contributed by atoms with E-state index in [-0.39, 0.29) is 5.91 Å². The summed E-state index contributed by atoms with van der Waals surface area (Å²) >= 11 is 7.58. The van der Waals surface area contributed by atoms with Gasteiger partial charge in [0.05, 0.1) is 23.1 Å². The summed E-state index contributed by atoms with van der Waals surface area (Å²) in [6.45, 7) is 0.565. The van der Waals surface area contributed by atoms with E-state index in [0.29, 0.717) is 23.1 Å². The second-order valence-electron chi connectivity index (χ2n) is 5.74. The Hall–Kier alpha value is -2.70. The molecule has 0 atom stereocenters. The predicted octanol–water partition coefficient (Wildman–Crippen LogP) is 4.84. The molecule has 0 saturated carbocycles. The van der Waals surface area contributed by atoms with Crippen LogP contribution in [-0.2, 0) is 11.3 Å². The van der Waals surface area contributed by atoms with Gasteiger partial charge in [-0.15, -0.1) is 11.3 Å². The maximum Gasteiger partial charge on any atom is 0.227 e. The quantitative estimate of drug-likeness (QED) is 0.537. The molecule has 0 saturated heterocycles. The number of para-hydroxylation sites is 2. The zero-order chi connectivity index (χ0) is 17.9. The minimum absolute atomic E-state index is 0.0807. The number of carbonyl (C=O) groups is 1. The Morgan fingerprint density at radius 2 is 1.96 bits per heavy atom. The fraction of sp³-hybridized carbons (Fsp3) is 0.105. The number of hydrogen-bond acceptors (Lipinski definition) is 4. The zero-order valence-corrected chi connectivity index (χ0v) is 15.3. The smallest absolute Gasteiger partial charge is 0.227 e. The normalized spacial score (nSPS) is 11.0. The van der Waals surface area contributed by atoms with E-state index in [0.717, 1.165) is 22.3 Å². The monoisotopic (exact) mass is 382 g/mol. The van der Waals surface area contributed by atoms with Crippen molar-refractivity contribution in [2.24, 2.45) is 0 Å². The predicted molar refractivity (Wildman–Crippen MR) is 106 cm³/mol. The van der Waals surface area contributed by atoms with E-state index in [1.165, 1.54) is 11.3 Å². The lowest BCUT2D eigenvalue weighted by atomic mass is 10.2. The molecule has 5 nitrogen and oxygen atoms in total. The number of nitrogens with one attached hydrogen (secondary N) is 1. The highest BCUT2D eigenvalue weighted by Gasteiger charge is 2.11. The summed E-state index contributed by atoms with van der Waals surface area (Å²) in [6, 6.07) is 15.4. The van der Waals surface area contributed by atoms with Crippen LogP contribution in [-0.4, -0.2) is 20.4 Å². The molecule has 0 bridgehead atoms. The van der Waals surface area contributed by atoms with Gasteiger partial charge in [-0.05, 0) is 18.2 Å². The number of amides is 1. The molecular weight excluding hydrogens is 368 g/mol. The minimum atomic E-state index is -0.0807. The number of carbonyl (C=O) groups excluding carboxylic acids is 1. The van der Waals surface area contributed by atoms with Crippen molar-refractivity contribution in [2.45, 2.75) is 13.0 Å². The summed E-state index contributed by atoms with van der Waals surface area (Å²) in [5.74, 6) is -0.0807. The van der Waals surface area contributed by atoms with Crippen LogP contribution in [0.3, 0.4) is 0 Å². The van der Waals surface area contributed by atoms with Gasteiger partial charge < -0.3 is 9.88 Å². The third-order valence-corrected chi connectivity index (χ3v) is 5.09. The third-order valence-electron chi connectivity index (χ3n) is 4.01. The van der Waals surface area contributed by atoms with E-state index in [4.69, 9.17) is 11.6 Å². The molecule has 0 fully saturated rings. The van der Waals surface area contributed by atoms with E-state index in [1.807, 2.05) is 58.5 Å². The van der Waals surface area contributed by atoms with Crippen LogP contribution in [0.4, 0.5) is 5.13 Å².